The van der Waals surface area contributed by atoms with Crippen molar-refractivity contribution < 1.29 is 14.6 Å². The number of rotatable bonds is 8. The summed E-state index contributed by atoms with van der Waals surface area (Å²) in [6, 6.07) is 9.30. The van der Waals surface area contributed by atoms with E-state index in [-0.39, 0.29) is 29.0 Å². The van der Waals surface area contributed by atoms with Gasteiger partial charge in [-0.15, -0.1) is 11.3 Å². The molecule has 0 saturated carbocycles. The predicted octanol–water partition coefficient (Wildman–Crippen LogP) is 0.718. The predicted molar refractivity (Wildman–Crippen MR) is 109 cm³/mol. The van der Waals surface area contributed by atoms with Gasteiger partial charge < -0.3 is 15.2 Å². The van der Waals surface area contributed by atoms with Crippen LogP contribution in [0, 0.1) is 11.3 Å². The highest BCUT2D eigenvalue weighted by molar-refractivity contribution is 7.07. The van der Waals surface area contributed by atoms with E-state index in [1.54, 1.807) is 13.1 Å². The zero-order valence-corrected chi connectivity index (χ0v) is 16.3. The van der Waals surface area contributed by atoms with Gasteiger partial charge in [0, 0.05) is 25.0 Å². The standard InChI is InChI=1S/C20H21N3O4S/c1-3-10-27-20(26)16(12-21)19-23(4-2)18(25)17(28-19)13-22-15-7-5-6-14(11-15)8-9-24/h3,5-7,11,13,22,24H,1,4,8-10H2,2H3/b17-13+,19-16-. The highest BCUT2D eigenvalue weighted by Gasteiger charge is 2.16. The topological polar surface area (TPSA) is 104 Å². The van der Waals surface area contributed by atoms with Gasteiger partial charge in [0.25, 0.3) is 5.56 Å². The fourth-order valence-corrected chi connectivity index (χ4v) is 3.55. The van der Waals surface area contributed by atoms with Gasteiger partial charge in [0.15, 0.2) is 5.57 Å². The number of nitrogens with one attached hydrogen (secondary N) is 1. The maximum atomic E-state index is 12.6. The van der Waals surface area contributed by atoms with Crippen molar-refractivity contribution in [1.29, 1.82) is 5.26 Å². The third kappa shape index (κ3) is 4.97. The second-order valence-corrected chi connectivity index (χ2v) is 6.69. The molecule has 0 radical (unpaired) electrons. The number of nitriles is 1. The summed E-state index contributed by atoms with van der Waals surface area (Å²) in [6.07, 6.45) is 3.49. The minimum absolute atomic E-state index is 0.0174. The normalized spacial score (nSPS) is 12.2. The first-order valence-corrected chi connectivity index (χ1v) is 9.45. The van der Waals surface area contributed by atoms with Crippen LogP contribution in [0.2, 0.25) is 0 Å². The van der Waals surface area contributed by atoms with Crippen molar-refractivity contribution in [1.82, 2.24) is 4.57 Å². The lowest BCUT2D eigenvalue weighted by Gasteiger charge is -2.03. The molecule has 2 N–H and O–H groups in total. The van der Waals surface area contributed by atoms with Crippen molar-refractivity contribution in [3.05, 3.63) is 62.0 Å². The van der Waals surface area contributed by atoms with Gasteiger partial charge in [-0.3, -0.25) is 9.36 Å². The number of ether oxygens (including phenoxy) is 1. The van der Waals surface area contributed by atoms with Gasteiger partial charge in [0.05, 0.1) is 0 Å². The quantitative estimate of drug-likeness (QED) is 0.501. The third-order valence-electron chi connectivity index (χ3n) is 3.78. The molecule has 2 rings (SSSR count). The fraction of sp³-hybridized carbons (Fsp3) is 0.250. The number of carbonyl (C=O) groups excluding carboxylic acids is 1. The Kier molecular flexibility index (Phi) is 7.75. The van der Waals surface area contributed by atoms with Crippen LogP contribution in [0.1, 0.15) is 12.5 Å². The van der Waals surface area contributed by atoms with Crippen LogP contribution in [-0.2, 0) is 22.5 Å². The number of hydrogen-bond acceptors (Lipinski definition) is 7. The van der Waals surface area contributed by atoms with Crippen LogP contribution in [0.15, 0.2) is 41.7 Å². The van der Waals surface area contributed by atoms with E-state index in [0.717, 1.165) is 22.6 Å². The highest BCUT2D eigenvalue weighted by atomic mass is 32.1. The Labute approximate surface area is 166 Å². The minimum atomic E-state index is -0.790. The van der Waals surface area contributed by atoms with Gasteiger partial charge in [-0.2, -0.15) is 5.26 Å². The first kappa shape index (κ1) is 21.2. The highest BCUT2D eigenvalue weighted by Crippen LogP contribution is 2.10. The first-order valence-electron chi connectivity index (χ1n) is 8.64. The molecule has 1 aromatic carbocycles. The van der Waals surface area contributed by atoms with Crippen LogP contribution < -0.4 is 20.1 Å². The summed E-state index contributed by atoms with van der Waals surface area (Å²) < 4.78 is 6.92. The Morgan fingerprint density at radius 2 is 2.29 bits per heavy atom. The molecule has 0 atom stereocenters. The Morgan fingerprint density at radius 3 is 2.93 bits per heavy atom. The number of thiazole rings is 1. The SMILES string of the molecule is C=CCOC(=O)/C(C#N)=c1\s/c(=C/Nc2cccc(CCO)c2)c(=O)n1CC. The van der Waals surface area contributed by atoms with E-state index in [9.17, 15) is 14.9 Å². The fourth-order valence-electron chi connectivity index (χ4n) is 2.47. The Hall–Kier alpha value is -3.15. The molecule has 0 spiro atoms. The molecule has 0 aliphatic rings. The summed E-state index contributed by atoms with van der Waals surface area (Å²) in [7, 11) is 0. The van der Waals surface area contributed by atoms with Gasteiger partial charge in [0.2, 0.25) is 0 Å². The smallest absolute Gasteiger partial charge is 0.352 e. The molecule has 1 heterocycles. The van der Waals surface area contributed by atoms with Crippen LogP contribution in [0.4, 0.5) is 5.69 Å². The van der Waals surface area contributed by atoms with Crippen LogP contribution in [0.25, 0.3) is 11.8 Å². The molecule has 1 aromatic heterocycles. The van der Waals surface area contributed by atoms with Crippen LogP contribution >= 0.6 is 11.3 Å². The van der Waals surface area contributed by atoms with Gasteiger partial charge in [0.1, 0.15) is 21.9 Å². The molecule has 146 valence electrons. The van der Waals surface area contributed by atoms with Crippen molar-refractivity contribution in [2.45, 2.75) is 19.9 Å². The zero-order chi connectivity index (χ0) is 20.5. The van der Waals surface area contributed by atoms with E-state index in [2.05, 4.69) is 11.9 Å². The Balaban J connectivity index is 2.49. The average molecular weight is 399 g/mol. The maximum Gasteiger partial charge on any atom is 0.352 e. The number of anilines is 1. The first-order chi connectivity index (χ1) is 13.5. The molecule has 0 fully saturated rings. The Morgan fingerprint density at radius 1 is 1.50 bits per heavy atom. The molecule has 0 amide bonds. The number of aromatic nitrogens is 1. The van der Waals surface area contributed by atoms with Crippen LogP contribution in [0.5, 0.6) is 0 Å². The Bertz CT molecular complexity index is 1080. The largest absolute Gasteiger partial charge is 0.457 e. The van der Waals surface area contributed by atoms with Gasteiger partial charge in [-0.1, -0.05) is 24.8 Å². The minimum Gasteiger partial charge on any atom is -0.457 e. The number of benzene rings is 1. The molecule has 0 saturated heterocycles. The van der Waals surface area contributed by atoms with E-state index in [1.165, 1.54) is 10.6 Å². The summed E-state index contributed by atoms with van der Waals surface area (Å²) in [6.45, 7) is 5.57. The van der Waals surface area contributed by atoms with Crippen LogP contribution in [0.3, 0.4) is 0 Å². The molecule has 2 aromatic rings. The molecular weight excluding hydrogens is 378 g/mol. The molecule has 28 heavy (non-hydrogen) atoms. The molecule has 0 bridgehead atoms. The molecular formula is C20H21N3O4S. The number of esters is 1. The summed E-state index contributed by atoms with van der Waals surface area (Å²) in [5.74, 6) is -0.790. The number of aliphatic hydroxyl groups excluding tert-OH is 1. The summed E-state index contributed by atoms with van der Waals surface area (Å²) in [5.41, 5.74) is 1.21. The third-order valence-corrected chi connectivity index (χ3v) is 4.91. The lowest BCUT2D eigenvalue weighted by atomic mass is 10.1. The van der Waals surface area contributed by atoms with E-state index in [0.29, 0.717) is 17.5 Å². The van der Waals surface area contributed by atoms with E-state index in [1.807, 2.05) is 30.3 Å². The molecule has 7 nitrogen and oxygen atoms in total. The summed E-state index contributed by atoms with van der Waals surface area (Å²) >= 11 is 1.05. The summed E-state index contributed by atoms with van der Waals surface area (Å²) in [4.78, 5) is 24.8. The lowest BCUT2D eigenvalue weighted by molar-refractivity contribution is -0.135. The second kappa shape index (κ2) is 10.3. The zero-order valence-electron chi connectivity index (χ0n) is 15.5. The average Bonchev–Trinajstić information content (AvgIpc) is 3.01. The van der Waals surface area contributed by atoms with Crippen LogP contribution in [-0.4, -0.2) is 28.9 Å². The lowest BCUT2D eigenvalue weighted by Crippen LogP contribution is -2.32. The van der Waals surface area contributed by atoms with E-state index in [4.69, 9.17) is 9.84 Å². The van der Waals surface area contributed by atoms with E-state index >= 15 is 0 Å². The van der Waals surface area contributed by atoms with Crippen molar-refractivity contribution in [2.75, 3.05) is 18.5 Å². The van der Waals surface area contributed by atoms with E-state index < -0.39 is 5.97 Å². The number of hydrogen-bond donors (Lipinski definition) is 2. The van der Waals surface area contributed by atoms with Crippen molar-refractivity contribution in [3.8, 4) is 6.07 Å². The number of nitrogens with zero attached hydrogens (tertiary/aromatic N) is 2. The van der Waals surface area contributed by atoms with Gasteiger partial charge >= 0.3 is 5.97 Å². The molecule has 0 aliphatic heterocycles. The second-order valence-electron chi connectivity index (χ2n) is 5.66. The van der Waals surface area contributed by atoms with Gasteiger partial charge in [-0.25, -0.2) is 4.79 Å². The number of aliphatic hydroxyl groups is 1. The molecule has 0 aliphatic carbocycles. The summed E-state index contributed by atoms with van der Waals surface area (Å²) in [5, 5.41) is 21.5. The monoisotopic (exact) mass is 399 g/mol. The maximum absolute atomic E-state index is 12.6. The van der Waals surface area contributed by atoms with Crippen molar-refractivity contribution >= 4 is 34.8 Å². The van der Waals surface area contributed by atoms with Crippen molar-refractivity contribution in [2.24, 2.45) is 0 Å². The van der Waals surface area contributed by atoms with Crippen molar-refractivity contribution in [3.63, 3.8) is 0 Å². The van der Waals surface area contributed by atoms with Gasteiger partial charge in [-0.05, 0) is 31.0 Å². The molecule has 8 heteroatoms. The number of carbonyl (C=O) groups is 1. The molecule has 0 unspecified atom stereocenters.